The third-order valence-corrected chi connectivity index (χ3v) is 4.54. The fourth-order valence-electron chi connectivity index (χ4n) is 3.24. The predicted molar refractivity (Wildman–Crippen MR) is 84.9 cm³/mol. The lowest BCUT2D eigenvalue weighted by Gasteiger charge is -2.30. The summed E-state index contributed by atoms with van der Waals surface area (Å²) in [5, 5.41) is 6.49. The van der Waals surface area contributed by atoms with Gasteiger partial charge in [0.25, 0.3) is 0 Å². The van der Waals surface area contributed by atoms with Crippen molar-refractivity contribution in [3.05, 3.63) is 11.8 Å². The van der Waals surface area contributed by atoms with E-state index in [1.165, 1.54) is 0 Å². The van der Waals surface area contributed by atoms with Crippen LogP contribution in [-0.4, -0.2) is 58.5 Å². The molecule has 7 heteroatoms. The molecule has 1 saturated carbocycles. The van der Waals surface area contributed by atoms with Crippen LogP contribution in [0.2, 0.25) is 0 Å². The zero-order valence-electron chi connectivity index (χ0n) is 13.7. The van der Waals surface area contributed by atoms with Gasteiger partial charge in [-0.15, -0.1) is 0 Å². The van der Waals surface area contributed by atoms with E-state index in [4.69, 9.17) is 4.52 Å². The van der Waals surface area contributed by atoms with Crippen molar-refractivity contribution in [2.24, 2.45) is 0 Å². The summed E-state index contributed by atoms with van der Waals surface area (Å²) in [5.74, 6) is 0.418. The molecule has 3 rings (SSSR count). The minimum atomic E-state index is -0.103. The Labute approximate surface area is 136 Å². The standard InChI is InChI=1S/C16H24N4O3/c1-11-8-16(23-18-11)17-15(22)10-19-7-3-4-14(19)9-20(12(2)21)13-5-6-13/h8,13-14H,3-7,9-10H2,1-2H3,(H,17,22)/t14-/m1/s1. The topological polar surface area (TPSA) is 78.7 Å². The first-order chi connectivity index (χ1) is 11.0. The molecule has 0 unspecified atom stereocenters. The average Bonchev–Trinajstić information content (AvgIpc) is 3.11. The molecule has 7 nitrogen and oxygen atoms in total. The van der Waals surface area contributed by atoms with E-state index >= 15 is 0 Å². The molecule has 1 aliphatic heterocycles. The quantitative estimate of drug-likeness (QED) is 0.857. The van der Waals surface area contributed by atoms with Crippen molar-refractivity contribution in [3.8, 4) is 0 Å². The van der Waals surface area contributed by atoms with Crippen LogP contribution in [0.15, 0.2) is 10.6 Å². The number of anilines is 1. The first-order valence-corrected chi connectivity index (χ1v) is 8.27. The van der Waals surface area contributed by atoms with Crippen molar-refractivity contribution in [2.75, 3.05) is 25.0 Å². The molecule has 1 aliphatic carbocycles. The van der Waals surface area contributed by atoms with Crippen LogP contribution in [0.5, 0.6) is 0 Å². The van der Waals surface area contributed by atoms with Crippen LogP contribution in [-0.2, 0) is 9.59 Å². The molecule has 23 heavy (non-hydrogen) atoms. The van der Waals surface area contributed by atoms with E-state index in [0.29, 0.717) is 18.5 Å². The van der Waals surface area contributed by atoms with Crippen LogP contribution in [0.25, 0.3) is 0 Å². The first-order valence-electron chi connectivity index (χ1n) is 8.27. The van der Waals surface area contributed by atoms with Gasteiger partial charge in [0.1, 0.15) is 0 Å². The highest BCUT2D eigenvalue weighted by Crippen LogP contribution is 2.29. The van der Waals surface area contributed by atoms with Crippen molar-refractivity contribution >= 4 is 17.7 Å². The van der Waals surface area contributed by atoms with Crippen molar-refractivity contribution < 1.29 is 14.1 Å². The Morgan fingerprint density at radius 1 is 1.43 bits per heavy atom. The maximum atomic E-state index is 12.2. The fourth-order valence-corrected chi connectivity index (χ4v) is 3.24. The predicted octanol–water partition coefficient (Wildman–Crippen LogP) is 1.40. The van der Waals surface area contributed by atoms with Gasteiger partial charge in [0.15, 0.2) is 0 Å². The summed E-state index contributed by atoms with van der Waals surface area (Å²) in [6.45, 7) is 5.39. The smallest absolute Gasteiger partial charge is 0.240 e. The summed E-state index contributed by atoms with van der Waals surface area (Å²) in [6, 6.07) is 2.38. The van der Waals surface area contributed by atoms with Crippen LogP contribution in [0.3, 0.4) is 0 Å². The summed E-state index contributed by atoms with van der Waals surface area (Å²) in [4.78, 5) is 28.1. The molecule has 2 fully saturated rings. The second kappa shape index (κ2) is 6.70. The molecule has 1 atom stereocenters. The van der Waals surface area contributed by atoms with Gasteiger partial charge in [0.2, 0.25) is 17.7 Å². The Kier molecular flexibility index (Phi) is 4.66. The molecule has 0 aromatic carbocycles. The molecule has 2 amide bonds. The monoisotopic (exact) mass is 320 g/mol. The van der Waals surface area contributed by atoms with E-state index < -0.39 is 0 Å². The summed E-state index contributed by atoms with van der Waals surface area (Å²) in [7, 11) is 0. The number of hydrogen-bond donors (Lipinski definition) is 1. The van der Waals surface area contributed by atoms with Crippen molar-refractivity contribution in [1.82, 2.24) is 15.0 Å². The zero-order chi connectivity index (χ0) is 16.4. The number of rotatable bonds is 6. The molecule has 1 aromatic rings. The number of amides is 2. The van der Waals surface area contributed by atoms with Crippen LogP contribution < -0.4 is 5.32 Å². The fraction of sp³-hybridized carbons (Fsp3) is 0.688. The summed E-state index contributed by atoms with van der Waals surface area (Å²) >= 11 is 0. The van der Waals surface area contributed by atoms with Gasteiger partial charge in [-0.2, -0.15) is 0 Å². The lowest BCUT2D eigenvalue weighted by atomic mass is 10.2. The van der Waals surface area contributed by atoms with E-state index in [2.05, 4.69) is 15.4 Å². The maximum Gasteiger partial charge on any atom is 0.240 e. The molecule has 126 valence electrons. The minimum Gasteiger partial charge on any atom is -0.338 e. The normalized spacial score (nSPS) is 21.4. The van der Waals surface area contributed by atoms with Crippen LogP contribution in [0, 0.1) is 6.92 Å². The second-order valence-corrected chi connectivity index (χ2v) is 6.55. The first kappa shape index (κ1) is 16.0. The van der Waals surface area contributed by atoms with Gasteiger partial charge >= 0.3 is 0 Å². The van der Waals surface area contributed by atoms with Crippen molar-refractivity contribution in [1.29, 1.82) is 0 Å². The van der Waals surface area contributed by atoms with Gasteiger partial charge in [-0.1, -0.05) is 5.16 Å². The molecular formula is C16H24N4O3. The van der Waals surface area contributed by atoms with Crippen LogP contribution >= 0.6 is 0 Å². The third kappa shape index (κ3) is 4.10. The highest BCUT2D eigenvalue weighted by atomic mass is 16.5. The van der Waals surface area contributed by atoms with E-state index in [1.54, 1.807) is 13.0 Å². The molecule has 0 radical (unpaired) electrons. The Morgan fingerprint density at radius 3 is 2.83 bits per heavy atom. The van der Waals surface area contributed by atoms with Gasteiger partial charge in [-0.05, 0) is 39.2 Å². The van der Waals surface area contributed by atoms with Crippen LogP contribution in [0.1, 0.15) is 38.3 Å². The van der Waals surface area contributed by atoms with Crippen molar-refractivity contribution in [3.63, 3.8) is 0 Å². The molecule has 1 aromatic heterocycles. The third-order valence-electron chi connectivity index (χ3n) is 4.54. The van der Waals surface area contributed by atoms with Gasteiger partial charge in [0.05, 0.1) is 12.2 Å². The number of carbonyl (C=O) groups excluding carboxylic acids is 2. The second-order valence-electron chi connectivity index (χ2n) is 6.55. The number of carbonyl (C=O) groups is 2. The summed E-state index contributed by atoms with van der Waals surface area (Å²) in [5.41, 5.74) is 0.737. The molecular weight excluding hydrogens is 296 g/mol. The Balaban J connectivity index is 1.53. The summed E-state index contributed by atoms with van der Waals surface area (Å²) in [6.07, 6.45) is 4.32. The highest BCUT2D eigenvalue weighted by Gasteiger charge is 2.35. The number of nitrogens with zero attached hydrogens (tertiary/aromatic N) is 3. The van der Waals surface area contributed by atoms with Gasteiger partial charge in [0, 0.05) is 31.6 Å². The molecule has 2 aliphatic rings. The summed E-state index contributed by atoms with van der Waals surface area (Å²) < 4.78 is 5.01. The number of likely N-dealkylation sites (tertiary alicyclic amines) is 1. The van der Waals surface area contributed by atoms with E-state index in [9.17, 15) is 9.59 Å². The number of nitrogens with one attached hydrogen (secondary N) is 1. The van der Waals surface area contributed by atoms with E-state index in [1.807, 2.05) is 11.8 Å². The molecule has 0 spiro atoms. The minimum absolute atomic E-state index is 0.103. The van der Waals surface area contributed by atoms with Gasteiger partial charge in [-0.3, -0.25) is 19.8 Å². The Bertz CT molecular complexity index is 582. The zero-order valence-corrected chi connectivity index (χ0v) is 13.7. The molecule has 0 bridgehead atoms. The lowest BCUT2D eigenvalue weighted by Crippen LogP contribution is -2.45. The largest absolute Gasteiger partial charge is 0.338 e. The van der Waals surface area contributed by atoms with E-state index in [-0.39, 0.29) is 17.9 Å². The SMILES string of the molecule is CC(=O)N(C[C@H]1CCCN1CC(=O)Nc1cc(C)no1)C1CC1. The van der Waals surface area contributed by atoms with Gasteiger partial charge in [-0.25, -0.2) is 0 Å². The lowest BCUT2D eigenvalue weighted by molar-refractivity contribution is -0.130. The number of hydrogen-bond acceptors (Lipinski definition) is 5. The molecule has 1 saturated heterocycles. The number of aryl methyl sites for hydroxylation is 1. The molecule has 2 heterocycles. The average molecular weight is 320 g/mol. The highest BCUT2D eigenvalue weighted by molar-refractivity contribution is 5.91. The Hall–Kier alpha value is -1.89. The van der Waals surface area contributed by atoms with Gasteiger partial charge < -0.3 is 9.42 Å². The Morgan fingerprint density at radius 2 is 2.22 bits per heavy atom. The van der Waals surface area contributed by atoms with Crippen LogP contribution in [0.4, 0.5) is 5.88 Å². The number of aromatic nitrogens is 1. The van der Waals surface area contributed by atoms with Crippen molar-refractivity contribution in [2.45, 2.75) is 51.6 Å². The maximum absolute atomic E-state index is 12.2. The van der Waals surface area contributed by atoms with E-state index in [0.717, 1.165) is 44.5 Å². The molecule has 1 N–H and O–H groups in total.